The predicted octanol–water partition coefficient (Wildman–Crippen LogP) is 3.81. The summed E-state index contributed by atoms with van der Waals surface area (Å²) >= 11 is 0. The molecule has 0 spiro atoms. The lowest BCUT2D eigenvalue weighted by Crippen LogP contribution is -2.30. The van der Waals surface area contributed by atoms with E-state index in [0.717, 1.165) is 42.8 Å². The Bertz CT molecular complexity index is 1030. The van der Waals surface area contributed by atoms with Crippen molar-refractivity contribution in [3.8, 4) is 11.5 Å². The van der Waals surface area contributed by atoms with E-state index in [-0.39, 0.29) is 24.5 Å². The number of aromatic hydroxyl groups is 1. The highest BCUT2D eigenvalue weighted by molar-refractivity contribution is 6.02. The fourth-order valence-electron chi connectivity index (χ4n) is 4.02. The van der Waals surface area contributed by atoms with Gasteiger partial charge in [-0.05, 0) is 68.0 Å². The van der Waals surface area contributed by atoms with E-state index < -0.39 is 11.8 Å². The summed E-state index contributed by atoms with van der Waals surface area (Å²) in [7, 11) is 0. The number of piperidine rings is 1. The molecule has 0 bridgehead atoms. The Hall–Kier alpha value is -3.16. The number of aromatic nitrogens is 1. The summed E-state index contributed by atoms with van der Waals surface area (Å²) in [4.78, 5) is 22.4. The SMILES string of the molecule is Cc1cc(OCC2=NOC(=O)C2)c(F)c(C)c1Cc1ccc(O)c(N2CCCCC2)n1. The molecule has 2 aliphatic heterocycles. The lowest BCUT2D eigenvalue weighted by atomic mass is 9.97. The molecule has 0 atom stereocenters. The number of aryl methyl sites for hydroxylation is 1. The van der Waals surface area contributed by atoms with Crippen molar-refractivity contribution in [3.05, 3.63) is 46.4 Å². The first-order valence-electron chi connectivity index (χ1n) is 10.5. The van der Waals surface area contributed by atoms with E-state index in [0.29, 0.717) is 23.5 Å². The van der Waals surface area contributed by atoms with Crippen molar-refractivity contribution in [1.29, 1.82) is 0 Å². The van der Waals surface area contributed by atoms with Gasteiger partial charge in [-0.2, -0.15) is 0 Å². The van der Waals surface area contributed by atoms with Crippen LogP contribution in [0.3, 0.4) is 0 Å². The summed E-state index contributed by atoms with van der Waals surface area (Å²) in [6.07, 6.45) is 3.88. The van der Waals surface area contributed by atoms with Crippen molar-refractivity contribution < 1.29 is 23.9 Å². The molecule has 4 rings (SSSR count). The molecule has 3 heterocycles. The van der Waals surface area contributed by atoms with E-state index >= 15 is 0 Å². The van der Waals surface area contributed by atoms with Gasteiger partial charge >= 0.3 is 5.97 Å². The highest BCUT2D eigenvalue weighted by atomic mass is 19.1. The van der Waals surface area contributed by atoms with E-state index in [2.05, 4.69) is 19.9 Å². The second-order valence-corrected chi connectivity index (χ2v) is 8.07. The number of pyridine rings is 1. The molecule has 1 aromatic heterocycles. The zero-order valence-electron chi connectivity index (χ0n) is 17.8. The first-order valence-corrected chi connectivity index (χ1v) is 10.5. The van der Waals surface area contributed by atoms with E-state index in [1.54, 1.807) is 25.1 Å². The zero-order chi connectivity index (χ0) is 22.0. The Morgan fingerprint density at radius 1 is 1.23 bits per heavy atom. The molecule has 1 fully saturated rings. The number of nitrogens with zero attached hydrogens (tertiary/aromatic N) is 3. The van der Waals surface area contributed by atoms with E-state index in [1.165, 1.54) is 6.42 Å². The zero-order valence-corrected chi connectivity index (χ0v) is 17.8. The summed E-state index contributed by atoms with van der Waals surface area (Å²) in [5, 5.41) is 13.9. The van der Waals surface area contributed by atoms with Crippen molar-refractivity contribution >= 4 is 17.5 Å². The summed E-state index contributed by atoms with van der Waals surface area (Å²) in [5.41, 5.74) is 3.41. The number of carbonyl (C=O) groups excluding carboxylic acids is 1. The topological polar surface area (TPSA) is 84.2 Å². The molecule has 7 nitrogen and oxygen atoms in total. The Morgan fingerprint density at radius 3 is 2.71 bits per heavy atom. The molecule has 164 valence electrons. The van der Waals surface area contributed by atoms with Crippen LogP contribution in [0.25, 0.3) is 0 Å². The minimum Gasteiger partial charge on any atom is -0.504 e. The molecular formula is C23H26FN3O4. The van der Waals surface area contributed by atoms with Gasteiger partial charge in [-0.1, -0.05) is 5.16 Å². The van der Waals surface area contributed by atoms with Crippen LogP contribution in [-0.4, -0.2) is 41.5 Å². The van der Waals surface area contributed by atoms with Crippen LogP contribution in [0.1, 0.15) is 48.1 Å². The van der Waals surface area contributed by atoms with E-state index in [4.69, 9.17) is 4.74 Å². The number of benzene rings is 1. The lowest BCUT2D eigenvalue weighted by Gasteiger charge is -2.28. The maximum Gasteiger partial charge on any atom is 0.340 e. The monoisotopic (exact) mass is 427 g/mol. The van der Waals surface area contributed by atoms with Crippen molar-refractivity contribution in [2.45, 2.75) is 46.0 Å². The Kier molecular flexibility index (Phi) is 6.06. The van der Waals surface area contributed by atoms with Crippen LogP contribution >= 0.6 is 0 Å². The van der Waals surface area contributed by atoms with Gasteiger partial charge in [0.25, 0.3) is 0 Å². The average molecular weight is 427 g/mol. The lowest BCUT2D eigenvalue weighted by molar-refractivity contribution is -0.140. The Balaban J connectivity index is 1.53. The Labute approximate surface area is 180 Å². The highest BCUT2D eigenvalue weighted by Gasteiger charge is 2.21. The van der Waals surface area contributed by atoms with Gasteiger partial charge in [0.2, 0.25) is 0 Å². The number of carbonyl (C=O) groups is 1. The van der Waals surface area contributed by atoms with Crippen molar-refractivity contribution in [3.63, 3.8) is 0 Å². The number of rotatable bonds is 6. The van der Waals surface area contributed by atoms with Gasteiger partial charge in [-0.25, -0.2) is 14.2 Å². The number of hydrogen-bond acceptors (Lipinski definition) is 7. The number of halogens is 1. The van der Waals surface area contributed by atoms with Gasteiger partial charge in [-0.15, -0.1) is 0 Å². The summed E-state index contributed by atoms with van der Waals surface area (Å²) in [6, 6.07) is 5.09. The van der Waals surface area contributed by atoms with Gasteiger partial charge < -0.3 is 19.6 Å². The van der Waals surface area contributed by atoms with Crippen LogP contribution in [0.15, 0.2) is 23.4 Å². The third-order valence-electron chi connectivity index (χ3n) is 5.77. The Morgan fingerprint density at radius 2 is 2.00 bits per heavy atom. The van der Waals surface area contributed by atoms with E-state index in [9.17, 15) is 14.3 Å². The van der Waals surface area contributed by atoms with Gasteiger partial charge in [0, 0.05) is 25.2 Å². The number of oxime groups is 1. The van der Waals surface area contributed by atoms with Gasteiger partial charge in [-0.3, -0.25) is 0 Å². The van der Waals surface area contributed by atoms with Crippen LogP contribution in [0.5, 0.6) is 11.5 Å². The van der Waals surface area contributed by atoms with Crippen LogP contribution in [0, 0.1) is 19.7 Å². The molecule has 2 aromatic rings. The maximum atomic E-state index is 15.0. The first kappa shape index (κ1) is 21.1. The van der Waals surface area contributed by atoms with Crippen LogP contribution in [-0.2, 0) is 16.1 Å². The molecule has 0 aliphatic carbocycles. The summed E-state index contributed by atoms with van der Waals surface area (Å²) < 4.78 is 20.6. The minimum absolute atomic E-state index is 0.000398. The molecule has 0 saturated carbocycles. The molecule has 31 heavy (non-hydrogen) atoms. The molecule has 1 N–H and O–H groups in total. The number of anilines is 1. The van der Waals surface area contributed by atoms with Gasteiger partial charge in [0.15, 0.2) is 23.1 Å². The quantitative estimate of drug-likeness (QED) is 0.706. The van der Waals surface area contributed by atoms with Crippen LogP contribution < -0.4 is 9.64 Å². The molecule has 0 amide bonds. The fraction of sp³-hybridized carbons (Fsp3) is 0.435. The van der Waals surface area contributed by atoms with Crippen LogP contribution in [0.4, 0.5) is 10.2 Å². The molecule has 1 saturated heterocycles. The average Bonchev–Trinajstić information content (AvgIpc) is 3.19. The second-order valence-electron chi connectivity index (χ2n) is 8.07. The highest BCUT2D eigenvalue weighted by Crippen LogP contribution is 2.31. The molecule has 0 unspecified atom stereocenters. The molecular weight excluding hydrogens is 401 g/mol. The molecule has 8 heteroatoms. The maximum absolute atomic E-state index is 15.0. The van der Waals surface area contributed by atoms with Crippen molar-refractivity contribution in [2.75, 3.05) is 24.6 Å². The molecule has 0 radical (unpaired) electrons. The van der Waals surface area contributed by atoms with Gasteiger partial charge in [0.1, 0.15) is 12.3 Å². The number of hydrogen-bond donors (Lipinski definition) is 1. The fourth-order valence-corrected chi connectivity index (χ4v) is 4.02. The second kappa shape index (κ2) is 8.91. The molecule has 1 aromatic carbocycles. The third kappa shape index (κ3) is 4.62. The van der Waals surface area contributed by atoms with Gasteiger partial charge in [0.05, 0.1) is 6.42 Å². The smallest absolute Gasteiger partial charge is 0.340 e. The summed E-state index contributed by atoms with van der Waals surface area (Å²) in [5.74, 6) is 0.00962. The molecule has 2 aliphatic rings. The van der Waals surface area contributed by atoms with Crippen molar-refractivity contribution in [1.82, 2.24) is 4.98 Å². The summed E-state index contributed by atoms with van der Waals surface area (Å²) in [6.45, 7) is 5.38. The third-order valence-corrected chi connectivity index (χ3v) is 5.77. The standard InChI is InChI=1S/C23H26FN3O4/c1-14-10-20(30-13-17-12-21(29)31-26-17)22(24)15(2)18(14)11-16-6-7-19(28)23(25-16)27-8-4-3-5-9-27/h6-7,10,28H,3-5,8-9,11-13H2,1-2H3. The predicted molar refractivity (Wildman–Crippen MR) is 114 cm³/mol. The first-order chi connectivity index (χ1) is 14.9. The number of ether oxygens (including phenoxy) is 1. The largest absolute Gasteiger partial charge is 0.504 e. The van der Waals surface area contributed by atoms with E-state index in [1.807, 2.05) is 6.92 Å². The minimum atomic E-state index is -0.443. The van der Waals surface area contributed by atoms with Crippen LogP contribution in [0.2, 0.25) is 0 Å². The van der Waals surface area contributed by atoms with Crippen molar-refractivity contribution in [2.24, 2.45) is 5.16 Å². The normalized spacial score (nSPS) is 16.3.